The molecule has 0 amide bonds. The zero-order valence-electron chi connectivity index (χ0n) is 8.72. The second-order valence-corrected chi connectivity index (χ2v) is 4.53. The van der Waals surface area contributed by atoms with Gasteiger partial charge in [-0.3, -0.25) is 4.90 Å². The van der Waals surface area contributed by atoms with E-state index in [9.17, 15) is 0 Å². The van der Waals surface area contributed by atoms with Crippen molar-refractivity contribution >= 4 is 11.8 Å². The molecule has 15 heavy (non-hydrogen) atoms. The Hall–Kier alpha value is -0.650. The summed E-state index contributed by atoms with van der Waals surface area (Å²) in [7, 11) is 0. The molecule has 82 valence electrons. The average molecular weight is 224 g/mol. The predicted octanol–water partition coefficient (Wildman–Crippen LogP) is 0.474. The van der Waals surface area contributed by atoms with Gasteiger partial charge in [-0.25, -0.2) is 9.97 Å². The van der Waals surface area contributed by atoms with Crippen molar-refractivity contribution in [2.75, 3.05) is 38.5 Å². The molecule has 1 fully saturated rings. The molecule has 1 saturated heterocycles. The minimum absolute atomic E-state index is 0.882. The van der Waals surface area contributed by atoms with Crippen LogP contribution < -0.4 is 5.32 Å². The first kappa shape index (κ1) is 10.9. The molecule has 0 saturated carbocycles. The van der Waals surface area contributed by atoms with Crippen LogP contribution in [0.2, 0.25) is 0 Å². The van der Waals surface area contributed by atoms with Gasteiger partial charge in [0.15, 0.2) is 5.16 Å². The number of rotatable bonds is 4. The topological polar surface area (TPSA) is 41.1 Å². The molecule has 1 aromatic heterocycles. The molecule has 0 aromatic carbocycles. The first-order chi connectivity index (χ1) is 7.45. The highest BCUT2D eigenvalue weighted by Gasteiger charge is 2.08. The Bertz CT molecular complexity index is 274. The van der Waals surface area contributed by atoms with E-state index in [0.717, 1.165) is 43.6 Å². The van der Waals surface area contributed by atoms with Gasteiger partial charge in [0.2, 0.25) is 0 Å². The fourth-order valence-corrected chi connectivity index (χ4v) is 2.36. The van der Waals surface area contributed by atoms with Crippen molar-refractivity contribution in [1.82, 2.24) is 20.2 Å². The van der Waals surface area contributed by atoms with E-state index in [-0.39, 0.29) is 0 Å². The number of thioether (sulfide) groups is 1. The largest absolute Gasteiger partial charge is 0.314 e. The molecule has 0 spiro atoms. The SMILES string of the molecule is c1cnc(SCCN2CCNCC2)nc1. The summed E-state index contributed by atoms with van der Waals surface area (Å²) >= 11 is 1.73. The van der Waals surface area contributed by atoms with Crippen molar-refractivity contribution in [3.63, 3.8) is 0 Å². The zero-order chi connectivity index (χ0) is 10.3. The second-order valence-electron chi connectivity index (χ2n) is 3.47. The van der Waals surface area contributed by atoms with Crippen LogP contribution in [0.15, 0.2) is 23.6 Å². The molecule has 0 aliphatic carbocycles. The summed E-state index contributed by atoms with van der Waals surface area (Å²) in [5.41, 5.74) is 0. The molecule has 0 atom stereocenters. The fourth-order valence-electron chi connectivity index (χ4n) is 1.56. The first-order valence-electron chi connectivity index (χ1n) is 5.28. The maximum absolute atomic E-state index is 4.18. The van der Waals surface area contributed by atoms with Gasteiger partial charge in [0.05, 0.1) is 0 Å². The standard InChI is InChI=1S/C10H16N4S/c1-2-12-10(13-3-1)15-9-8-14-6-4-11-5-7-14/h1-3,11H,4-9H2. The lowest BCUT2D eigenvalue weighted by Gasteiger charge is -2.26. The Labute approximate surface area is 94.5 Å². The Morgan fingerprint density at radius 3 is 2.73 bits per heavy atom. The van der Waals surface area contributed by atoms with Crippen LogP contribution in [0.4, 0.5) is 0 Å². The number of hydrogen-bond acceptors (Lipinski definition) is 5. The molecule has 2 heterocycles. The number of nitrogens with zero attached hydrogens (tertiary/aromatic N) is 3. The molecule has 5 heteroatoms. The molecule has 1 N–H and O–H groups in total. The van der Waals surface area contributed by atoms with Gasteiger partial charge in [-0.05, 0) is 6.07 Å². The van der Waals surface area contributed by atoms with Gasteiger partial charge in [0.1, 0.15) is 0 Å². The molecule has 4 nitrogen and oxygen atoms in total. The van der Waals surface area contributed by atoms with E-state index < -0.39 is 0 Å². The van der Waals surface area contributed by atoms with Gasteiger partial charge in [-0.2, -0.15) is 0 Å². The molecule has 1 aliphatic rings. The predicted molar refractivity (Wildman–Crippen MR) is 62.1 cm³/mol. The Balaban J connectivity index is 1.66. The van der Waals surface area contributed by atoms with Gasteiger partial charge >= 0.3 is 0 Å². The van der Waals surface area contributed by atoms with Crippen LogP contribution in [0, 0.1) is 0 Å². The third-order valence-corrected chi connectivity index (χ3v) is 3.25. The number of hydrogen-bond donors (Lipinski definition) is 1. The Morgan fingerprint density at radius 2 is 2.00 bits per heavy atom. The van der Waals surface area contributed by atoms with Gasteiger partial charge in [0, 0.05) is 50.9 Å². The van der Waals surface area contributed by atoms with Gasteiger partial charge in [-0.1, -0.05) is 11.8 Å². The van der Waals surface area contributed by atoms with Crippen LogP contribution in [0.1, 0.15) is 0 Å². The summed E-state index contributed by atoms with van der Waals surface area (Å²) in [4.78, 5) is 10.8. The highest BCUT2D eigenvalue weighted by molar-refractivity contribution is 7.99. The summed E-state index contributed by atoms with van der Waals surface area (Å²) in [5, 5.41) is 4.23. The fraction of sp³-hybridized carbons (Fsp3) is 0.600. The molecule has 0 bridgehead atoms. The third-order valence-electron chi connectivity index (χ3n) is 2.39. The van der Waals surface area contributed by atoms with Crippen LogP contribution in [-0.2, 0) is 0 Å². The minimum Gasteiger partial charge on any atom is -0.314 e. The smallest absolute Gasteiger partial charge is 0.187 e. The maximum Gasteiger partial charge on any atom is 0.187 e. The van der Waals surface area contributed by atoms with Crippen molar-refractivity contribution in [3.05, 3.63) is 18.5 Å². The lowest BCUT2D eigenvalue weighted by molar-refractivity contribution is 0.255. The summed E-state index contributed by atoms with van der Waals surface area (Å²) in [6.07, 6.45) is 3.58. The van der Waals surface area contributed by atoms with E-state index >= 15 is 0 Å². The van der Waals surface area contributed by atoms with E-state index in [1.165, 1.54) is 0 Å². The van der Waals surface area contributed by atoms with Crippen molar-refractivity contribution in [1.29, 1.82) is 0 Å². The summed E-state index contributed by atoms with van der Waals surface area (Å²) in [5.74, 6) is 1.07. The van der Waals surface area contributed by atoms with Crippen LogP contribution in [-0.4, -0.2) is 53.3 Å². The molecule has 1 aliphatic heterocycles. The Kier molecular flexibility index (Phi) is 4.38. The van der Waals surface area contributed by atoms with Crippen molar-refractivity contribution in [2.24, 2.45) is 0 Å². The van der Waals surface area contributed by atoms with Crippen LogP contribution in [0.3, 0.4) is 0 Å². The number of nitrogens with one attached hydrogen (secondary N) is 1. The van der Waals surface area contributed by atoms with Gasteiger partial charge in [0.25, 0.3) is 0 Å². The summed E-state index contributed by atoms with van der Waals surface area (Å²) < 4.78 is 0. The lowest BCUT2D eigenvalue weighted by Crippen LogP contribution is -2.44. The molecule has 1 aromatic rings. The van der Waals surface area contributed by atoms with Crippen molar-refractivity contribution in [3.8, 4) is 0 Å². The highest BCUT2D eigenvalue weighted by Crippen LogP contribution is 2.10. The van der Waals surface area contributed by atoms with Crippen LogP contribution in [0.5, 0.6) is 0 Å². The highest BCUT2D eigenvalue weighted by atomic mass is 32.2. The summed E-state index contributed by atoms with van der Waals surface area (Å²) in [6, 6.07) is 1.85. The number of aromatic nitrogens is 2. The normalized spacial score (nSPS) is 17.9. The first-order valence-corrected chi connectivity index (χ1v) is 6.26. The third kappa shape index (κ3) is 3.77. The monoisotopic (exact) mass is 224 g/mol. The number of piperazine rings is 1. The van der Waals surface area contributed by atoms with Gasteiger partial charge < -0.3 is 5.32 Å². The Morgan fingerprint density at radius 1 is 1.27 bits per heavy atom. The van der Waals surface area contributed by atoms with Gasteiger partial charge in [-0.15, -0.1) is 0 Å². The second kappa shape index (κ2) is 6.05. The van der Waals surface area contributed by atoms with Crippen molar-refractivity contribution < 1.29 is 0 Å². The van der Waals surface area contributed by atoms with E-state index in [1.54, 1.807) is 24.2 Å². The van der Waals surface area contributed by atoms with E-state index in [2.05, 4.69) is 20.2 Å². The van der Waals surface area contributed by atoms with Crippen LogP contribution in [0.25, 0.3) is 0 Å². The molecule has 0 radical (unpaired) electrons. The molecule has 0 unspecified atom stereocenters. The zero-order valence-corrected chi connectivity index (χ0v) is 9.54. The minimum atomic E-state index is 0.882. The van der Waals surface area contributed by atoms with E-state index in [4.69, 9.17) is 0 Å². The average Bonchev–Trinajstić information content (AvgIpc) is 2.32. The molecule has 2 rings (SSSR count). The quantitative estimate of drug-likeness (QED) is 0.595. The lowest BCUT2D eigenvalue weighted by atomic mass is 10.4. The molecular formula is C10H16N4S. The summed E-state index contributed by atoms with van der Waals surface area (Å²) in [6.45, 7) is 5.69. The van der Waals surface area contributed by atoms with E-state index in [0.29, 0.717) is 0 Å². The molecular weight excluding hydrogens is 208 g/mol. The van der Waals surface area contributed by atoms with E-state index in [1.807, 2.05) is 6.07 Å². The van der Waals surface area contributed by atoms with Crippen LogP contribution >= 0.6 is 11.8 Å². The maximum atomic E-state index is 4.18. The van der Waals surface area contributed by atoms with Crippen molar-refractivity contribution in [2.45, 2.75) is 5.16 Å².